The summed E-state index contributed by atoms with van der Waals surface area (Å²) in [6.45, 7) is 0.442. The summed E-state index contributed by atoms with van der Waals surface area (Å²) in [5, 5.41) is 0. The van der Waals surface area contributed by atoms with Crippen molar-refractivity contribution in [2.45, 2.75) is 6.04 Å². The van der Waals surface area contributed by atoms with E-state index in [1.165, 1.54) is 12.1 Å². The van der Waals surface area contributed by atoms with Gasteiger partial charge in [0.25, 0.3) is 6.02 Å². The van der Waals surface area contributed by atoms with Crippen molar-refractivity contribution in [2.24, 2.45) is 10.7 Å². The van der Waals surface area contributed by atoms with E-state index in [0.717, 1.165) is 5.56 Å². The van der Waals surface area contributed by atoms with E-state index in [0.29, 0.717) is 6.61 Å². The van der Waals surface area contributed by atoms with Gasteiger partial charge >= 0.3 is 0 Å². The molecule has 0 saturated heterocycles. The lowest BCUT2D eigenvalue weighted by molar-refractivity contribution is 0.315. The molecule has 0 radical (unpaired) electrons. The molecule has 0 fully saturated rings. The van der Waals surface area contributed by atoms with Crippen LogP contribution < -0.4 is 5.73 Å². The highest BCUT2D eigenvalue weighted by atomic mass is 19.1. The van der Waals surface area contributed by atoms with Crippen LogP contribution in [0.15, 0.2) is 29.3 Å². The molecule has 1 heterocycles. The lowest BCUT2D eigenvalue weighted by Crippen LogP contribution is -2.10. The second-order valence-corrected chi connectivity index (χ2v) is 2.85. The van der Waals surface area contributed by atoms with Gasteiger partial charge < -0.3 is 10.5 Å². The van der Waals surface area contributed by atoms with Gasteiger partial charge in [0.2, 0.25) is 0 Å². The molecule has 0 aliphatic carbocycles. The van der Waals surface area contributed by atoms with Crippen molar-refractivity contribution in [1.29, 1.82) is 0 Å². The largest absolute Gasteiger partial charge is 0.463 e. The number of hydrogen-bond acceptors (Lipinski definition) is 3. The number of rotatable bonds is 1. The Hall–Kier alpha value is -1.58. The van der Waals surface area contributed by atoms with E-state index in [1.54, 1.807) is 12.1 Å². The first-order chi connectivity index (χ1) is 6.25. The molecule has 1 aliphatic rings. The van der Waals surface area contributed by atoms with Crippen molar-refractivity contribution < 1.29 is 9.13 Å². The minimum atomic E-state index is -0.250. The van der Waals surface area contributed by atoms with Gasteiger partial charge in [0, 0.05) is 0 Å². The molecule has 0 bridgehead atoms. The van der Waals surface area contributed by atoms with E-state index in [9.17, 15) is 4.39 Å². The van der Waals surface area contributed by atoms with Crippen LogP contribution >= 0.6 is 0 Å². The van der Waals surface area contributed by atoms with Crippen LogP contribution in [0, 0.1) is 5.82 Å². The molecule has 3 nitrogen and oxygen atoms in total. The standard InChI is InChI=1S/C9H9FN2O/c10-7-3-1-6(2-4-7)8-5-13-9(11)12-8/h1-4,8H,5H2,(H2,11,12)/t8-/m1/s1. The minimum absolute atomic E-state index is 0.0828. The van der Waals surface area contributed by atoms with Gasteiger partial charge in [-0.25, -0.2) is 9.38 Å². The van der Waals surface area contributed by atoms with Gasteiger partial charge in [-0.2, -0.15) is 0 Å². The predicted octanol–water partition coefficient (Wildman–Crippen LogP) is 1.21. The maximum absolute atomic E-state index is 12.6. The number of amidine groups is 1. The van der Waals surface area contributed by atoms with Gasteiger partial charge in [-0.05, 0) is 17.7 Å². The summed E-state index contributed by atoms with van der Waals surface area (Å²) in [4.78, 5) is 4.04. The summed E-state index contributed by atoms with van der Waals surface area (Å²) in [5.41, 5.74) is 6.26. The van der Waals surface area contributed by atoms with Gasteiger partial charge in [-0.1, -0.05) is 12.1 Å². The molecule has 2 N–H and O–H groups in total. The second kappa shape index (κ2) is 3.05. The van der Waals surface area contributed by atoms with Crippen LogP contribution in [0.4, 0.5) is 4.39 Å². The van der Waals surface area contributed by atoms with Gasteiger partial charge in [-0.3, -0.25) is 0 Å². The van der Waals surface area contributed by atoms with Crippen LogP contribution in [0.1, 0.15) is 11.6 Å². The van der Waals surface area contributed by atoms with Gasteiger partial charge in [0.05, 0.1) is 0 Å². The van der Waals surface area contributed by atoms with Gasteiger partial charge in [0.1, 0.15) is 18.5 Å². The molecular formula is C9H9FN2O. The molecule has 0 amide bonds. The lowest BCUT2D eigenvalue weighted by atomic mass is 10.1. The SMILES string of the molecule is NC1=N[C@@H](c2ccc(F)cc2)CO1. The maximum atomic E-state index is 12.6. The molecule has 0 spiro atoms. The third-order valence-electron chi connectivity index (χ3n) is 1.93. The molecule has 0 aromatic heterocycles. The first-order valence-electron chi connectivity index (χ1n) is 3.97. The molecule has 0 saturated carbocycles. The van der Waals surface area contributed by atoms with Crippen LogP contribution in [0.5, 0.6) is 0 Å². The first kappa shape index (κ1) is 8.04. The van der Waals surface area contributed by atoms with Crippen molar-refractivity contribution in [1.82, 2.24) is 0 Å². The van der Waals surface area contributed by atoms with Crippen LogP contribution in [-0.2, 0) is 4.74 Å². The van der Waals surface area contributed by atoms with Crippen LogP contribution in [0.3, 0.4) is 0 Å². The zero-order chi connectivity index (χ0) is 9.26. The number of hydrogen-bond donors (Lipinski definition) is 1. The summed E-state index contributed by atoms with van der Waals surface area (Å²) in [5.74, 6) is -0.250. The maximum Gasteiger partial charge on any atom is 0.282 e. The van der Waals surface area contributed by atoms with E-state index in [1.807, 2.05) is 0 Å². The Kier molecular flexibility index (Phi) is 1.88. The van der Waals surface area contributed by atoms with E-state index in [4.69, 9.17) is 10.5 Å². The first-order valence-corrected chi connectivity index (χ1v) is 3.97. The third-order valence-corrected chi connectivity index (χ3v) is 1.93. The number of nitrogens with two attached hydrogens (primary N) is 1. The molecule has 4 heteroatoms. The molecule has 2 rings (SSSR count). The van der Waals surface area contributed by atoms with E-state index in [2.05, 4.69) is 4.99 Å². The van der Waals surface area contributed by atoms with Crippen LogP contribution in [-0.4, -0.2) is 12.6 Å². The Morgan fingerprint density at radius 3 is 2.62 bits per heavy atom. The molecule has 68 valence electrons. The summed E-state index contributed by atoms with van der Waals surface area (Å²) in [6, 6.07) is 6.30. The Balaban J connectivity index is 2.22. The highest BCUT2D eigenvalue weighted by molar-refractivity contribution is 5.73. The highest BCUT2D eigenvalue weighted by Crippen LogP contribution is 2.21. The lowest BCUT2D eigenvalue weighted by Gasteiger charge is -2.03. The van der Waals surface area contributed by atoms with Crippen LogP contribution in [0.2, 0.25) is 0 Å². The number of nitrogens with zero attached hydrogens (tertiary/aromatic N) is 1. The number of aliphatic imine (C=N–C) groups is 1. The molecule has 1 aromatic rings. The third kappa shape index (κ3) is 1.61. The Bertz CT molecular complexity index is 334. The average Bonchev–Trinajstić information content (AvgIpc) is 2.53. The molecule has 1 aliphatic heterocycles. The van der Waals surface area contributed by atoms with Crippen molar-refractivity contribution in [3.8, 4) is 0 Å². The molecule has 1 atom stereocenters. The molecular weight excluding hydrogens is 171 g/mol. The zero-order valence-electron chi connectivity index (χ0n) is 6.90. The van der Waals surface area contributed by atoms with Crippen LogP contribution in [0.25, 0.3) is 0 Å². The normalized spacial score (nSPS) is 21.0. The minimum Gasteiger partial charge on any atom is -0.463 e. The monoisotopic (exact) mass is 180 g/mol. The Morgan fingerprint density at radius 2 is 2.08 bits per heavy atom. The fourth-order valence-corrected chi connectivity index (χ4v) is 1.25. The van der Waals surface area contributed by atoms with Crippen molar-refractivity contribution >= 4 is 6.02 Å². The second-order valence-electron chi connectivity index (χ2n) is 2.85. The summed E-state index contributed by atoms with van der Waals surface area (Å²) in [6.07, 6.45) is 0. The predicted molar refractivity (Wildman–Crippen MR) is 46.7 cm³/mol. The summed E-state index contributed by atoms with van der Waals surface area (Å²) >= 11 is 0. The molecule has 0 unspecified atom stereocenters. The van der Waals surface area contributed by atoms with E-state index >= 15 is 0 Å². The van der Waals surface area contributed by atoms with Crippen molar-refractivity contribution in [2.75, 3.05) is 6.61 Å². The van der Waals surface area contributed by atoms with E-state index < -0.39 is 0 Å². The zero-order valence-corrected chi connectivity index (χ0v) is 6.90. The quantitative estimate of drug-likeness (QED) is 0.706. The Labute approximate surface area is 75.0 Å². The summed E-state index contributed by atoms with van der Waals surface area (Å²) < 4.78 is 17.5. The van der Waals surface area contributed by atoms with Gasteiger partial charge in [-0.15, -0.1) is 0 Å². The topological polar surface area (TPSA) is 47.6 Å². The molecule has 13 heavy (non-hydrogen) atoms. The molecule has 1 aromatic carbocycles. The smallest absolute Gasteiger partial charge is 0.282 e. The Morgan fingerprint density at radius 1 is 1.38 bits per heavy atom. The highest BCUT2D eigenvalue weighted by Gasteiger charge is 2.18. The number of ether oxygens (including phenoxy) is 1. The number of benzene rings is 1. The van der Waals surface area contributed by atoms with E-state index in [-0.39, 0.29) is 17.9 Å². The van der Waals surface area contributed by atoms with Crippen molar-refractivity contribution in [3.05, 3.63) is 35.6 Å². The summed E-state index contributed by atoms with van der Waals surface area (Å²) in [7, 11) is 0. The fraction of sp³-hybridized carbons (Fsp3) is 0.222. The van der Waals surface area contributed by atoms with Gasteiger partial charge in [0.15, 0.2) is 0 Å². The van der Waals surface area contributed by atoms with Crippen molar-refractivity contribution in [3.63, 3.8) is 0 Å². The number of halogens is 1. The average molecular weight is 180 g/mol. The fourth-order valence-electron chi connectivity index (χ4n) is 1.25.